The number of aromatic nitrogens is 4. The third-order valence-corrected chi connectivity index (χ3v) is 5.08. The Morgan fingerprint density at radius 3 is 2.23 bits per heavy atom. The van der Waals surface area contributed by atoms with Gasteiger partial charge in [0.15, 0.2) is 9.84 Å². The van der Waals surface area contributed by atoms with E-state index in [0.29, 0.717) is 22.7 Å². The Morgan fingerprint density at radius 1 is 0.923 bits per heavy atom. The van der Waals surface area contributed by atoms with Crippen molar-refractivity contribution in [2.45, 2.75) is 4.90 Å². The molecule has 130 valence electrons. The van der Waals surface area contributed by atoms with Crippen molar-refractivity contribution in [2.75, 3.05) is 6.26 Å². The van der Waals surface area contributed by atoms with Gasteiger partial charge in [0, 0.05) is 17.4 Å². The van der Waals surface area contributed by atoms with E-state index >= 15 is 0 Å². The molecule has 0 atom stereocenters. The van der Waals surface area contributed by atoms with Crippen molar-refractivity contribution in [1.29, 1.82) is 0 Å². The molecule has 4 rings (SSSR count). The molecular weight excluding hydrogens is 355 g/mol. The van der Waals surface area contributed by atoms with E-state index in [1.807, 2.05) is 0 Å². The third kappa shape index (κ3) is 2.84. The molecule has 0 aliphatic carbocycles. The van der Waals surface area contributed by atoms with Gasteiger partial charge in [-0.05, 0) is 36.4 Å². The molecule has 2 aromatic carbocycles. The fraction of sp³-hybridized carbons (Fsp3) is 0.0556. The number of rotatable bonds is 3. The Bertz CT molecular complexity index is 1200. The minimum Gasteiger partial charge on any atom is -0.224 e. The number of imidazole rings is 1. The minimum absolute atomic E-state index is 0.226. The smallest absolute Gasteiger partial charge is 0.224 e. The SMILES string of the molecule is CS(=O)(=O)c1ccc(-c2c(-c3ccc(F)cc3)nc3nccnn23)cc1. The van der Waals surface area contributed by atoms with E-state index < -0.39 is 9.84 Å². The van der Waals surface area contributed by atoms with Gasteiger partial charge in [0.05, 0.1) is 17.3 Å². The summed E-state index contributed by atoms with van der Waals surface area (Å²) in [5, 5.41) is 4.29. The summed E-state index contributed by atoms with van der Waals surface area (Å²) in [6, 6.07) is 12.4. The van der Waals surface area contributed by atoms with Crippen LogP contribution < -0.4 is 0 Å². The zero-order valence-electron chi connectivity index (χ0n) is 13.7. The first-order valence-electron chi connectivity index (χ1n) is 7.70. The fourth-order valence-electron chi connectivity index (χ4n) is 2.72. The van der Waals surface area contributed by atoms with Crippen molar-refractivity contribution in [3.8, 4) is 22.5 Å². The molecule has 0 fully saturated rings. The molecule has 0 aliphatic heterocycles. The Hall–Kier alpha value is -3.13. The first-order chi connectivity index (χ1) is 12.4. The lowest BCUT2D eigenvalue weighted by atomic mass is 10.1. The topological polar surface area (TPSA) is 77.2 Å². The van der Waals surface area contributed by atoms with Crippen LogP contribution in [0.15, 0.2) is 65.8 Å². The molecule has 0 unspecified atom stereocenters. The van der Waals surface area contributed by atoms with Crippen molar-refractivity contribution < 1.29 is 12.8 Å². The van der Waals surface area contributed by atoms with Gasteiger partial charge in [0.1, 0.15) is 17.2 Å². The van der Waals surface area contributed by atoms with Crippen molar-refractivity contribution in [1.82, 2.24) is 19.6 Å². The lowest BCUT2D eigenvalue weighted by Gasteiger charge is -2.06. The van der Waals surface area contributed by atoms with Gasteiger partial charge < -0.3 is 0 Å². The molecule has 6 nitrogen and oxygen atoms in total. The van der Waals surface area contributed by atoms with Gasteiger partial charge >= 0.3 is 0 Å². The number of hydrogen-bond acceptors (Lipinski definition) is 5. The average molecular weight is 368 g/mol. The van der Waals surface area contributed by atoms with Crippen molar-refractivity contribution in [3.05, 3.63) is 66.7 Å². The summed E-state index contributed by atoms with van der Waals surface area (Å²) >= 11 is 0. The highest BCUT2D eigenvalue weighted by molar-refractivity contribution is 7.90. The molecule has 2 heterocycles. The van der Waals surface area contributed by atoms with Crippen LogP contribution >= 0.6 is 0 Å². The van der Waals surface area contributed by atoms with Crippen molar-refractivity contribution in [3.63, 3.8) is 0 Å². The van der Waals surface area contributed by atoms with E-state index in [4.69, 9.17) is 0 Å². The maximum absolute atomic E-state index is 13.3. The molecule has 0 radical (unpaired) electrons. The monoisotopic (exact) mass is 368 g/mol. The summed E-state index contributed by atoms with van der Waals surface area (Å²) < 4.78 is 38.2. The first kappa shape index (κ1) is 16.3. The summed E-state index contributed by atoms with van der Waals surface area (Å²) in [4.78, 5) is 8.94. The average Bonchev–Trinajstić information content (AvgIpc) is 3.01. The molecule has 0 amide bonds. The molecule has 26 heavy (non-hydrogen) atoms. The van der Waals surface area contributed by atoms with Crippen LogP contribution in [-0.2, 0) is 9.84 Å². The molecule has 0 aliphatic rings. The van der Waals surface area contributed by atoms with Crippen LogP contribution in [0.25, 0.3) is 28.3 Å². The number of hydrogen-bond donors (Lipinski definition) is 0. The number of nitrogens with zero attached hydrogens (tertiary/aromatic N) is 4. The summed E-state index contributed by atoms with van der Waals surface area (Å²) in [5.74, 6) is 0.0573. The highest BCUT2D eigenvalue weighted by Crippen LogP contribution is 2.32. The van der Waals surface area contributed by atoms with E-state index in [-0.39, 0.29) is 10.7 Å². The molecule has 0 spiro atoms. The van der Waals surface area contributed by atoms with Crippen LogP contribution in [0.3, 0.4) is 0 Å². The zero-order valence-corrected chi connectivity index (χ0v) is 14.5. The molecule has 8 heteroatoms. The van der Waals surface area contributed by atoms with E-state index in [1.165, 1.54) is 36.7 Å². The lowest BCUT2D eigenvalue weighted by molar-refractivity contribution is 0.602. The van der Waals surface area contributed by atoms with Gasteiger partial charge in [0.2, 0.25) is 0 Å². The van der Waals surface area contributed by atoms with Crippen LogP contribution in [0.1, 0.15) is 0 Å². The summed E-state index contributed by atoms with van der Waals surface area (Å²) in [6.45, 7) is 0. The van der Waals surface area contributed by atoms with Crippen LogP contribution in [0.5, 0.6) is 0 Å². The second kappa shape index (κ2) is 5.99. The predicted molar refractivity (Wildman–Crippen MR) is 94.7 cm³/mol. The molecule has 4 aromatic rings. The van der Waals surface area contributed by atoms with Gasteiger partial charge in [0.25, 0.3) is 5.78 Å². The number of fused-ring (bicyclic) bond motifs is 1. The quantitative estimate of drug-likeness (QED) is 0.556. The number of halogens is 1. The zero-order chi connectivity index (χ0) is 18.3. The van der Waals surface area contributed by atoms with E-state index in [2.05, 4.69) is 15.1 Å². The molecule has 0 bridgehead atoms. The maximum atomic E-state index is 13.3. The third-order valence-electron chi connectivity index (χ3n) is 3.95. The Balaban J connectivity index is 1.96. The van der Waals surface area contributed by atoms with Gasteiger partial charge in [-0.1, -0.05) is 12.1 Å². The van der Waals surface area contributed by atoms with Crippen LogP contribution in [-0.4, -0.2) is 34.3 Å². The summed E-state index contributed by atoms with van der Waals surface area (Å²) in [7, 11) is -3.29. The van der Waals surface area contributed by atoms with E-state index in [9.17, 15) is 12.8 Å². The number of benzene rings is 2. The predicted octanol–water partition coefficient (Wildman–Crippen LogP) is 3.00. The molecule has 0 saturated heterocycles. The summed E-state index contributed by atoms with van der Waals surface area (Å²) in [5.41, 5.74) is 2.67. The van der Waals surface area contributed by atoms with Crippen molar-refractivity contribution >= 4 is 15.6 Å². The maximum Gasteiger partial charge on any atom is 0.251 e. The van der Waals surface area contributed by atoms with Crippen LogP contribution in [0, 0.1) is 5.82 Å². The highest BCUT2D eigenvalue weighted by atomic mass is 32.2. The van der Waals surface area contributed by atoms with Gasteiger partial charge in [-0.2, -0.15) is 9.61 Å². The van der Waals surface area contributed by atoms with Crippen molar-refractivity contribution in [2.24, 2.45) is 0 Å². The number of sulfone groups is 1. The molecular formula is C18H13FN4O2S. The van der Waals surface area contributed by atoms with Gasteiger partial charge in [-0.3, -0.25) is 0 Å². The highest BCUT2D eigenvalue weighted by Gasteiger charge is 2.18. The second-order valence-electron chi connectivity index (χ2n) is 5.77. The Labute approximate surface area is 148 Å². The normalized spacial score (nSPS) is 11.8. The lowest BCUT2D eigenvalue weighted by Crippen LogP contribution is -1.98. The van der Waals surface area contributed by atoms with Crippen LogP contribution in [0.2, 0.25) is 0 Å². The molecule has 2 aromatic heterocycles. The van der Waals surface area contributed by atoms with Gasteiger partial charge in [-0.25, -0.2) is 22.8 Å². The molecule has 0 saturated carbocycles. The first-order valence-corrected chi connectivity index (χ1v) is 9.59. The standard InChI is InChI=1S/C18H13FN4O2S/c1-26(24,25)15-8-4-13(5-9-15)17-16(12-2-6-14(19)7-3-12)22-18-20-10-11-21-23(17)18/h2-11H,1H3. The van der Waals surface area contributed by atoms with Crippen LogP contribution in [0.4, 0.5) is 4.39 Å². The minimum atomic E-state index is -3.29. The fourth-order valence-corrected chi connectivity index (χ4v) is 3.35. The molecule has 0 N–H and O–H groups in total. The Morgan fingerprint density at radius 2 is 1.58 bits per heavy atom. The van der Waals surface area contributed by atoms with E-state index in [0.717, 1.165) is 11.8 Å². The second-order valence-corrected chi connectivity index (χ2v) is 7.78. The Kier molecular flexibility index (Phi) is 3.77. The van der Waals surface area contributed by atoms with Gasteiger partial charge in [-0.15, -0.1) is 0 Å². The largest absolute Gasteiger partial charge is 0.251 e. The summed E-state index contributed by atoms with van der Waals surface area (Å²) in [6.07, 6.45) is 4.23. The van der Waals surface area contributed by atoms with E-state index in [1.54, 1.807) is 28.8 Å².